The molecule has 0 bridgehead atoms. The summed E-state index contributed by atoms with van der Waals surface area (Å²) < 4.78 is 0. The van der Waals surface area contributed by atoms with Crippen LogP contribution in [-0.2, 0) is 9.59 Å². The number of piperidine rings is 1. The van der Waals surface area contributed by atoms with Crippen LogP contribution in [0.2, 0.25) is 0 Å². The van der Waals surface area contributed by atoms with Crippen molar-refractivity contribution in [3.05, 3.63) is 0 Å². The van der Waals surface area contributed by atoms with Crippen LogP contribution in [0, 0.1) is 0 Å². The molecular formula is C13H21ClN2O2. The summed E-state index contributed by atoms with van der Waals surface area (Å²) in [6, 6.07) is 0.576. The number of alkyl halides is 1. The molecule has 102 valence electrons. The number of hydrogen-bond donors (Lipinski definition) is 0. The Morgan fingerprint density at radius 2 is 2.00 bits per heavy atom. The molecular weight excluding hydrogens is 252 g/mol. The number of amides is 2. The first-order valence-electron chi connectivity index (χ1n) is 6.76. The molecule has 4 nitrogen and oxygen atoms in total. The van der Waals surface area contributed by atoms with Crippen molar-refractivity contribution >= 4 is 23.4 Å². The molecule has 2 rings (SSSR count). The summed E-state index contributed by atoms with van der Waals surface area (Å²) in [5.74, 6) is 0.169. The van der Waals surface area contributed by atoms with E-state index in [0.29, 0.717) is 12.6 Å². The van der Waals surface area contributed by atoms with E-state index >= 15 is 0 Å². The van der Waals surface area contributed by atoms with Gasteiger partial charge in [-0.25, -0.2) is 0 Å². The van der Waals surface area contributed by atoms with Crippen molar-refractivity contribution in [1.29, 1.82) is 0 Å². The molecule has 1 saturated heterocycles. The lowest BCUT2D eigenvalue weighted by Crippen LogP contribution is -2.51. The van der Waals surface area contributed by atoms with Gasteiger partial charge < -0.3 is 9.80 Å². The van der Waals surface area contributed by atoms with E-state index in [0.717, 1.165) is 38.6 Å². The van der Waals surface area contributed by atoms with Crippen LogP contribution in [0.5, 0.6) is 0 Å². The van der Waals surface area contributed by atoms with Crippen molar-refractivity contribution in [2.75, 3.05) is 19.0 Å². The molecule has 1 heterocycles. The summed E-state index contributed by atoms with van der Waals surface area (Å²) in [5, 5.41) is 0. The standard InChI is InChI=1S/C13H21ClN2O2/c1-10(17)16(11-5-6-11)9-12-4-2-3-7-15(12)13(18)8-14/h11-12H,2-9H2,1H3/t12-/m1/s1. The summed E-state index contributed by atoms with van der Waals surface area (Å²) >= 11 is 5.65. The second-order valence-electron chi connectivity index (χ2n) is 5.27. The van der Waals surface area contributed by atoms with E-state index in [-0.39, 0.29) is 23.7 Å². The van der Waals surface area contributed by atoms with Gasteiger partial charge in [-0.2, -0.15) is 0 Å². The zero-order chi connectivity index (χ0) is 13.1. The van der Waals surface area contributed by atoms with Crippen molar-refractivity contribution in [1.82, 2.24) is 9.80 Å². The Bertz CT molecular complexity index is 331. The number of likely N-dealkylation sites (tertiary alicyclic amines) is 1. The fourth-order valence-corrected chi connectivity index (χ4v) is 2.90. The lowest BCUT2D eigenvalue weighted by atomic mass is 10.0. The highest BCUT2D eigenvalue weighted by Gasteiger charge is 2.35. The molecule has 2 aliphatic rings. The van der Waals surface area contributed by atoms with Crippen molar-refractivity contribution < 1.29 is 9.59 Å². The summed E-state index contributed by atoms with van der Waals surface area (Å²) in [4.78, 5) is 27.3. The predicted octanol–water partition coefficient (Wildman–Crippen LogP) is 1.62. The molecule has 5 heteroatoms. The number of carbonyl (C=O) groups excluding carboxylic acids is 2. The van der Waals surface area contributed by atoms with Crippen LogP contribution in [0.4, 0.5) is 0 Å². The number of nitrogens with zero attached hydrogens (tertiary/aromatic N) is 2. The summed E-state index contributed by atoms with van der Waals surface area (Å²) in [6.45, 7) is 3.09. The monoisotopic (exact) mass is 272 g/mol. The average Bonchev–Trinajstić information content (AvgIpc) is 3.19. The summed E-state index contributed by atoms with van der Waals surface area (Å²) in [6.07, 6.45) is 5.38. The molecule has 0 N–H and O–H groups in total. The van der Waals surface area contributed by atoms with Crippen LogP contribution in [-0.4, -0.2) is 52.7 Å². The van der Waals surface area contributed by atoms with E-state index in [2.05, 4.69) is 0 Å². The van der Waals surface area contributed by atoms with Gasteiger partial charge in [-0.1, -0.05) is 0 Å². The van der Waals surface area contributed by atoms with Gasteiger partial charge in [-0.15, -0.1) is 11.6 Å². The van der Waals surface area contributed by atoms with E-state index in [1.54, 1.807) is 6.92 Å². The molecule has 0 aromatic carbocycles. The average molecular weight is 273 g/mol. The minimum absolute atomic E-state index is 0.000616. The molecule has 0 spiro atoms. The Balaban J connectivity index is 1.99. The molecule has 1 aliphatic heterocycles. The lowest BCUT2D eigenvalue weighted by molar-refractivity contribution is -0.136. The maximum Gasteiger partial charge on any atom is 0.237 e. The molecule has 0 unspecified atom stereocenters. The second-order valence-corrected chi connectivity index (χ2v) is 5.54. The predicted molar refractivity (Wildman–Crippen MR) is 70.5 cm³/mol. The highest BCUT2D eigenvalue weighted by atomic mass is 35.5. The van der Waals surface area contributed by atoms with Crippen LogP contribution in [0.3, 0.4) is 0 Å². The van der Waals surface area contributed by atoms with E-state index in [1.807, 2.05) is 9.80 Å². The van der Waals surface area contributed by atoms with Crippen LogP contribution < -0.4 is 0 Å². The van der Waals surface area contributed by atoms with E-state index in [9.17, 15) is 9.59 Å². The molecule has 0 radical (unpaired) electrons. The first-order chi connectivity index (χ1) is 8.63. The van der Waals surface area contributed by atoms with Crippen molar-refractivity contribution in [2.24, 2.45) is 0 Å². The van der Waals surface area contributed by atoms with Gasteiger partial charge in [0.05, 0.1) is 0 Å². The zero-order valence-corrected chi connectivity index (χ0v) is 11.7. The fraction of sp³-hybridized carbons (Fsp3) is 0.846. The van der Waals surface area contributed by atoms with Gasteiger partial charge in [0.25, 0.3) is 0 Å². The molecule has 2 fully saturated rings. The number of rotatable bonds is 4. The largest absolute Gasteiger partial charge is 0.338 e. The summed E-state index contributed by atoms with van der Waals surface area (Å²) in [7, 11) is 0. The van der Waals surface area contributed by atoms with Gasteiger partial charge in [0.2, 0.25) is 11.8 Å². The molecule has 0 aromatic heterocycles. The Morgan fingerprint density at radius 1 is 1.28 bits per heavy atom. The third kappa shape index (κ3) is 3.16. The molecule has 0 aromatic rings. The molecule has 2 amide bonds. The zero-order valence-electron chi connectivity index (χ0n) is 10.9. The number of halogens is 1. The lowest BCUT2D eigenvalue weighted by Gasteiger charge is -2.38. The smallest absolute Gasteiger partial charge is 0.237 e. The van der Waals surface area contributed by atoms with Gasteiger partial charge in [0, 0.05) is 32.1 Å². The first kappa shape index (κ1) is 13.7. The number of hydrogen-bond acceptors (Lipinski definition) is 2. The fourth-order valence-electron chi connectivity index (χ4n) is 2.74. The second kappa shape index (κ2) is 5.91. The molecule has 1 saturated carbocycles. The first-order valence-corrected chi connectivity index (χ1v) is 7.29. The van der Waals surface area contributed by atoms with E-state index in [4.69, 9.17) is 11.6 Å². The highest BCUT2D eigenvalue weighted by molar-refractivity contribution is 6.27. The van der Waals surface area contributed by atoms with Crippen molar-refractivity contribution in [2.45, 2.75) is 51.1 Å². The number of carbonyl (C=O) groups is 2. The van der Waals surface area contributed by atoms with E-state index in [1.165, 1.54) is 0 Å². The highest BCUT2D eigenvalue weighted by Crippen LogP contribution is 2.29. The Labute approximate surface area is 113 Å². The minimum atomic E-state index is 0.000616. The van der Waals surface area contributed by atoms with Crippen molar-refractivity contribution in [3.63, 3.8) is 0 Å². The van der Waals surface area contributed by atoms with E-state index < -0.39 is 0 Å². The maximum atomic E-state index is 11.8. The van der Waals surface area contributed by atoms with Crippen LogP contribution in [0.25, 0.3) is 0 Å². The Morgan fingerprint density at radius 3 is 2.56 bits per heavy atom. The van der Waals surface area contributed by atoms with Crippen LogP contribution in [0.15, 0.2) is 0 Å². The van der Waals surface area contributed by atoms with Crippen LogP contribution >= 0.6 is 11.6 Å². The molecule has 18 heavy (non-hydrogen) atoms. The quantitative estimate of drug-likeness (QED) is 0.730. The topological polar surface area (TPSA) is 40.6 Å². The van der Waals surface area contributed by atoms with Crippen molar-refractivity contribution in [3.8, 4) is 0 Å². The normalized spacial score (nSPS) is 23.9. The van der Waals surface area contributed by atoms with Gasteiger partial charge in [0.15, 0.2) is 0 Å². The van der Waals surface area contributed by atoms with Crippen LogP contribution in [0.1, 0.15) is 39.0 Å². The van der Waals surface area contributed by atoms with Gasteiger partial charge in [0.1, 0.15) is 5.88 Å². The van der Waals surface area contributed by atoms with Gasteiger partial charge in [-0.3, -0.25) is 9.59 Å². The molecule has 1 aliphatic carbocycles. The molecule has 1 atom stereocenters. The summed E-state index contributed by atoms with van der Waals surface area (Å²) in [5.41, 5.74) is 0. The van der Waals surface area contributed by atoms with Gasteiger partial charge >= 0.3 is 0 Å². The third-order valence-corrected chi connectivity index (χ3v) is 4.09. The Kier molecular flexibility index (Phi) is 4.49. The SMILES string of the molecule is CC(=O)N(C[C@H]1CCCCN1C(=O)CCl)C1CC1. The maximum absolute atomic E-state index is 11.8. The van der Waals surface area contributed by atoms with Gasteiger partial charge in [-0.05, 0) is 32.1 Å². The minimum Gasteiger partial charge on any atom is -0.338 e. The Hall–Kier alpha value is -0.770. The third-order valence-electron chi connectivity index (χ3n) is 3.86.